The van der Waals surface area contributed by atoms with Crippen LogP contribution in [0.5, 0.6) is 0 Å². The molecule has 0 fully saturated rings. The Morgan fingerprint density at radius 2 is 2.11 bits per heavy atom. The molecule has 96 valence electrons. The minimum atomic E-state index is -0.278. The predicted octanol–water partition coefficient (Wildman–Crippen LogP) is 2.85. The minimum Gasteiger partial charge on any atom is -0.333 e. The molecule has 0 N–H and O–H groups in total. The molecule has 3 rings (SSSR count). The van der Waals surface area contributed by atoms with Gasteiger partial charge in [-0.3, -0.25) is 4.79 Å². The highest BCUT2D eigenvalue weighted by molar-refractivity contribution is 8.00. The van der Waals surface area contributed by atoms with Crippen molar-refractivity contribution in [3.8, 4) is 0 Å². The van der Waals surface area contributed by atoms with Gasteiger partial charge in [0.2, 0.25) is 0 Å². The van der Waals surface area contributed by atoms with Crippen molar-refractivity contribution in [1.82, 2.24) is 0 Å². The van der Waals surface area contributed by atoms with E-state index in [1.165, 1.54) is 11.8 Å². The highest BCUT2D eigenvalue weighted by Crippen LogP contribution is 2.26. The molecule has 2 aliphatic rings. The van der Waals surface area contributed by atoms with E-state index in [9.17, 15) is 4.79 Å². The average Bonchev–Trinajstić information content (AvgIpc) is 2.88. The van der Waals surface area contributed by atoms with Crippen molar-refractivity contribution < 1.29 is 9.53 Å². The number of carbonyl (C=O) groups is 1. The van der Waals surface area contributed by atoms with Crippen molar-refractivity contribution >= 4 is 23.3 Å². The number of nitrogens with zero attached hydrogens (tertiary/aromatic N) is 1. The number of fused-ring (bicyclic) bond motifs is 1. The van der Waals surface area contributed by atoms with Crippen molar-refractivity contribution in [3.63, 3.8) is 0 Å². The van der Waals surface area contributed by atoms with Gasteiger partial charge in [-0.05, 0) is 12.2 Å². The number of allylic oxidation sites excluding steroid dienone is 2. The number of aliphatic imine (C=N–C) groups is 1. The average molecular weight is 271 g/mol. The van der Waals surface area contributed by atoms with Gasteiger partial charge < -0.3 is 4.74 Å². The summed E-state index contributed by atoms with van der Waals surface area (Å²) in [5, 5.41) is 0. The molecule has 1 aliphatic carbocycles. The van der Waals surface area contributed by atoms with Gasteiger partial charge in [0.25, 0.3) is 0 Å². The SMILES string of the molecule is O=C(CS[C@H]1N=C2C=CC=C[C@@H]2O1)c1ccccc1. The lowest BCUT2D eigenvalue weighted by molar-refractivity contribution is 0.101. The van der Waals surface area contributed by atoms with Crippen LogP contribution in [0.2, 0.25) is 0 Å². The molecule has 2 atom stereocenters. The van der Waals surface area contributed by atoms with E-state index in [1.54, 1.807) is 0 Å². The summed E-state index contributed by atoms with van der Waals surface area (Å²) in [7, 11) is 0. The van der Waals surface area contributed by atoms with Gasteiger partial charge in [0.1, 0.15) is 6.10 Å². The highest BCUT2D eigenvalue weighted by atomic mass is 32.2. The lowest BCUT2D eigenvalue weighted by Gasteiger charge is -2.10. The molecule has 0 aromatic heterocycles. The van der Waals surface area contributed by atoms with Gasteiger partial charge in [-0.2, -0.15) is 0 Å². The number of thioether (sulfide) groups is 1. The van der Waals surface area contributed by atoms with Crippen LogP contribution >= 0.6 is 11.8 Å². The molecule has 4 heteroatoms. The van der Waals surface area contributed by atoms with Crippen molar-refractivity contribution in [2.24, 2.45) is 4.99 Å². The number of hydrogen-bond acceptors (Lipinski definition) is 4. The maximum atomic E-state index is 12.0. The first kappa shape index (κ1) is 12.4. The molecule has 1 heterocycles. The zero-order chi connectivity index (χ0) is 13.1. The van der Waals surface area contributed by atoms with Gasteiger partial charge in [0.05, 0.1) is 11.5 Å². The summed E-state index contributed by atoms with van der Waals surface area (Å²) in [5.41, 5.74) is 1.39. The fraction of sp³-hybridized carbons (Fsp3) is 0.200. The molecule has 0 radical (unpaired) electrons. The Hall–Kier alpha value is -1.65. The molecular weight excluding hydrogens is 258 g/mol. The summed E-state index contributed by atoms with van der Waals surface area (Å²) in [6.07, 6.45) is 7.77. The van der Waals surface area contributed by atoms with Crippen LogP contribution in [0.3, 0.4) is 0 Å². The van der Waals surface area contributed by atoms with E-state index in [-0.39, 0.29) is 17.4 Å². The molecule has 0 bridgehead atoms. The molecule has 0 saturated carbocycles. The second-order valence-corrected chi connectivity index (χ2v) is 5.29. The Balaban J connectivity index is 1.57. The molecule has 0 unspecified atom stereocenters. The number of ketones is 1. The second-order valence-electron chi connectivity index (χ2n) is 4.26. The van der Waals surface area contributed by atoms with E-state index in [0.29, 0.717) is 5.75 Å². The third kappa shape index (κ3) is 2.85. The molecule has 0 saturated heterocycles. The van der Waals surface area contributed by atoms with Gasteiger partial charge in [-0.1, -0.05) is 54.2 Å². The minimum absolute atomic E-state index is 0.0469. The molecule has 19 heavy (non-hydrogen) atoms. The van der Waals surface area contributed by atoms with Crippen molar-refractivity contribution in [2.75, 3.05) is 5.75 Å². The van der Waals surface area contributed by atoms with Gasteiger partial charge in [-0.15, -0.1) is 0 Å². The van der Waals surface area contributed by atoms with Crippen LogP contribution in [0.25, 0.3) is 0 Å². The molecule has 1 aromatic carbocycles. The quantitative estimate of drug-likeness (QED) is 0.790. The molecule has 1 aliphatic heterocycles. The number of hydrogen-bond donors (Lipinski definition) is 0. The van der Waals surface area contributed by atoms with E-state index >= 15 is 0 Å². The first-order chi connectivity index (χ1) is 9.33. The van der Waals surface area contributed by atoms with E-state index in [2.05, 4.69) is 4.99 Å². The predicted molar refractivity (Wildman–Crippen MR) is 77.6 cm³/mol. The van der Waals surface area contributed by atoms with Gasteiger partial charge in [0, 0.05) is 5.56 Å². The largest absolute Gasteiger partial charge is 0.333 e. The third-order valence-corrected chi connectivity index (χ3v) is 3.86. The van der Waals surface area contributed by atoms with E-state index in [0.717, 1.165) is 11.3 Å². The zero-order valence-electron chi connectivity index (χ0n) is 10.2. The van der Waals surface area contributed by atoms with E-state index < -0.39 is 0 Å². The van der Waals surface area contributed by atoms with Crippen LogP contribution in [0.15, 0.2) is 59.6 Å². The Morgan fingerprint density at radius 3 is 2.89 bits per heavy atom. The molecular formula is C15H13NO2S. The molecule has 0 amide bonds. The van der Waals surface area contributed by atoms with Crippen molar-refractivity contribution in [3.05, 3.63) is 60.2 Å². The second kappa shape index (κ2) is 5.55. The van der Waals surface area contributed by atoms with E-state index in [1.807, 2.05) is 54.6 Å². The number of ether oxygens (including phenoxy) is 1. The van der Waals surface area contributed by atoms with Crippen molar-refractivity contribution in [1.29, 1.82) is 0 Å². The lowest BCUT2D eigenvalue weighted by Crippen LogP contribution is -2.16. The normalized spacial score (nSPS) is 24.1. The monoisotopic (exact) mass is 271 g/mol. The summed E-state index contributed by atoms with van der Waals surface area (Å²) in [6, 6.07) is 9.30. The summed E-state index contributed by atoms with van der Waals surface area (Å²) in [6.45, 7) is 0. The van der Waals surface area contributed by atoms with Crippen LogP contribution < -0.4 is 0 Å². The van der Waals surface area contributed by atoms with Gasteiger partial charge in [0.15, 0.2) is 11.3 Å². The van der Waals surface area contributed by atoms with Crippen LogP contribution in [0, 0.1) is 0 Å². The van der Waals surface area contributed by atoms with E-state index in [4.69, 9.17) is 4.74 Å². The Bertz CT molecular complexity index is 563. The van der Waals surface area contributed by atoms with Crippen LogP contribution in [-0.4, -0.2) is 28.9 Å². The topological polar surface area (TPSA) is 38.7 Å². The van der Waals surface area contributed by atoms with Gasteiger partial charge >= 0.3 is 0 Å². The smallest absolute Gasteiger partial charge is 0.198 e. The Labute approximate surface area is 116 Å². The summed E-state index contributed by atoms with van der Waals surface area (Å²) >= 11 is 1.43. The standard InChI is InChI=1S/C15H13NO2S/c17-13(11-6-2-1-3-7-11)10-19-15-16-12-8-4-5-9-14(12)18-15/h1-9,14-15H,10H2/t14-,15-/m0/s1. The Kier molecular flexibility index (Phi) is 3.62. The number of Topliss-reactive ketones (excluding diaryl/α,β-unsaturated/α-hetero) is 1. The molecule has 0 spiro atoms. The first-order valence-electron chi connectivity index (χ1n) is 6.11. The highest BCUT2D eigenvalue weighted by Gasteiger charge is 2.27. The first-order valence-corrected chi connectivity index (χ1v) is 7.16. The maximum Gasteiger partial charge on any atom is 0.198 e. The number of benzene rings is 1. The third-order valence-electron chi connectivity index (χ3n) is 2.93. The summed E-state index contributed by atoms with van der Waals surface area (Å²) < 4.78 is 5.72. The maximum absolute atomic E-state index is 12.0. The summed E-state index contributed by atoms with van der Waals surface area (Å²) in [5.74, 6) is 0.487. The van der Waals surface area contributed by atoms with Gasteiger partial charge in [-0.25, -0.2) is 4.99 Å². The van der Waals surface area contributed by atoms with Crippen LogP contribution in [0.4, 0.5) is 0 Å². The number of carbonyl (C=O) groups excluding carboxylic acids is 1. The number of rotatable bonds is 4. The fourth-order valence-electron chi connectivity index (χ4n) is 1.95. The van der Waals surface area contributed by atoms with Crippen LogP contribution in [0.1, 0.15) is 10.4 Å². The molecule has 1 aromatic rings. The molecule has 3 nitrogen and oxygen atoms in total. The fourth-order valence-corrected chi connectivity index (χ4v) is 2.81. The Morgan fingerprint density at radius 1 is 1.26 bits per heavy atom. The van der Waals surface area contributed by atoms with Crippen LogP contribution in [-0.2, 0) is 4.74 Å². The zero-order valence-corrected chi connectivity index (χ0v) is 11.0. The summed E-state index contributed by atoms with van der Waals surface area (Å²) in [4.78, 5) is 16.4. The lowest BCUT2D eigenvalue weighted by atomic mass is 10.1. The van der Waals surface area contributed by atoms with Crippen molar-refractivity contribution in [2.45, 2.75) is 11.7 Å².